The van der Waals surface area contributed by atoms with E-state index in [1.807, 2.05) is 34.6 Å². The number of halogens is 3. The number of likely N-dealkylation sites (N-methyl/N-ethyl adjacent to an activating group) is 6. The zero-order valence-corrected chi connectivity index (χ0v) is 55.4. The first-order chi connectivity index (χ1) is 41.5. The Balaban J connectivity index is 1.80. The number of aryl methyl sites for hydroxylation is 1. The van der Waals surface area contributed by atoms with Crippen LogP contribution in [0.2, 0.25) is 0 Å². The number of nitrogens with zero attached hydrogens (tertiary/aromatic N) is 7. The van der Waals surface area contributed by atoms with E-state index in [2.05, 4.69) is 21.3 Å². The summed E-state index contributed by atoms with van der Waals surface area (Å²) in [5, 5.41) is 11.3. The molecule has 11 amide bonds. The molecule has 1 unspecified atom stereocenters. The normalized spacial score (nSPS) is 25.9. The average molecular weight is 1260 g/mol. The van der Waals surface area contributed by atoms with Crippen molar-refractivity contribution in [1.29, 1.82) is 0 Å². The molecule has 0 bridgehead atoms. The molecular weight excluding hydrogens is 1160 g/mol. The molecule has 89 heavy (non-hydrogen) atoms. The Hall–Kier alpha value is -6.82. The lowest BCUT2D eigenvalue weighted by atomic mass is 9.84. The molecule has 0 spiro atoms. The maximum Gasteiger partial charge on any atom is 0.416 e. The number of nitrogens with one attached hydrogen (secondary N) is 4. The Bertz CT molecular complexity index is 2650. The van der Waals surface area contributed by atoms with Gasteiger partial charge in [-0.1, -0.05) is 92.2 Å². The monoisotopic (exact) mass is 1260 g/mol. The van der Waals surface area contributed by atoms with Crippen molar-refractivity contribution in [1.82, 2.24) is 55.6 Å². The van der Waals surface area contributed by atoms with Crippen LogP contribution in [0.5, 0.6) is 0 Å². The number of amides is 11. The fraction of sp³-hybridized carbons (Fsp3) is 0.734. The molecule has 2 aliphatic heterocycles. The van der Waals surface area contributed by atoms with E-state index in [1.54, 1.807) is 13.8 Å². The second-order valence-electron chi connectivity index (χ2n) is 26.6. The van der Waals surface area contributed by atoms with E-state index in [0.717, 1.165) is 58.9 Å². The summed E-state index contributed by atoms with van der Waals surface area (Å²) in [5.41, 5.74) is -2.19. The number of hydrogen-bond acceptors (Lipinski definition) is 11. The molecule has 22 nitrogen and oxygen atoms in total. The van der Waals surface area contributed by atoms with Gasteiger partial charge in [-0.15, -0.1) is 0 Å². The Labute approximate surface area is 524 Å². The first kappa shape index (κ1) is 74.6. The van der Waals surface area contributed by atoms with Crippen LogP contribution < -0.4 is 21.3 Å². The standard InChI is InChI=1S/C64H102F3N11O11/c1-16-41(6)55-61(88)74(12)37-53(81)72(10)38-54(82)75(13)50(35-44-22-18-17-19-23-44)60(87)73(11)36-51(79)69-46(30-27-43-25-28-45(29-26-43)64(65,66)67)59(86)76(14)49(33-40(4)5)58(85)71-63(8,9)62(89)77(15)48(32-39(2)3)57(84)68-42(7)34-52(80)78-31-21-20-24-47(78)56(83)70-55/h25-26,28-29,39-42,44,46-50,55H,16-24,27,30-38H2,1-15H3,(H,68,84)(H,69,79)(H,70,83)(H,71,85)/t41-,42+,46-,47?,48-,49-,50-,55-/m0/s1. The molecule has 0 radical (unpaired) electrons. The van der Waals surface area contributed by atoms with Crippen molar-refractivity contribution >= 4 is 65.0 Å². The minimum Gasteiger partial charge on any atom is -0.351 e. The van der Waals surface area contributed by atoms with E-state index < -0.39 is 150 Å². The van der Waals surface area contributed by atoms with Crippen molar-refractivity contribution in [2.24, 2.45) is 23.7 Å². The molecule has 3 aliphatic rings. The fourth-order valence-corrected chi connectivity index (χ4v) is 12.0. The molecule has 1 aliphatic carbocycles. The summed E-state index contributed by atoms with van der Waals surface area (Å²) in [6, 6.07) is -3.39. The van der Waals surface area contributed by atoms with Gasteiger partial charge >= 0.3 is 6.18 Å². The molecule has 4 rings (SSSR count). The number of fused-ring (bicyclic) bond motifs is 1. The van der Waals surface area contributed by atoms with Crippen LogP contribution in [0.4, 0.5) is 13.2 Å². The second-order valence-corrected chi connectivity index (χ2v) is 26.6. The lowest BCUT2D eigenvalue weighted by molar-refractivity contribution is -0.149. The van der Waals surface area contributed by atoms with Crippen LogP contribution in [0.3, 0.4) is 0 Å². The van der Waals surface area contributed by atoms with Crippen molar-refractivity contribution < 1.29 is 65.9 Å². The topological polar surface area (TPSA) is 259 Å². The predicted octanol–water partition coefficient (Wildman–Crippen LogP) is 4.76. The van der Waals surface area contributed by atoms with E-state index in [4.69, 9.17) is 0 Å². The van der Waals surface area contributed by atoms with Crippen LogP contribution in [-0.2, 0) is 65.3 Å². The van der Waals surface area contributed by atoms with Crippen molar-refractivity contribution in [3.05, 3.63) is 35.4 Å². The van der Waals surface area contributed by atoms with Gasteiger partial charge in [-0.2, -0.15) is 13.2 Å². The van der Waals surface area contributed by atoms with Gasteiger partial charge in [0.25, 0.3) is 0 Å². The zero-order chi connectivity index (χ0) is 67.0. The maximum absolute atomic E-state index is 14.9. The van der Waals surface area contributed by atoms with Crippen LogP contribution in [0.15, 0.2) is 24.3 Å². The summed E-state index contributed by atoms with van der Waals surface area (Å²) >= 11 is 0. The van der Waals surface area contributed by atoms with E-state index in [1.165, 1.54) is 87.9 Å². The summed E-state index contributed by atoms with van der Waals surface area (Å²) in [5.74, 6) is -7.68. The molecule has 25 heteroatoms. The molecule has 1 aromatic rings. The summed E-state index contributed by atoms with van der Waals surface area (Å²) in [4.78, 5) is 167. The van der Waals surface area contributed by atoms with Gasteiger partial charge < -0.3 is 55.6 Å². The van der Waals surface area contributed by atoms with Crippen molar-refractivity contribution in [3.8, 4) is 0 Å². The van der Waals surface area contributed by atoms with Crippen LogP contribution >= 0.6 is 0 Å². The predicted molar refractivity (Wildman–Crippen MR) is 330 cm³/mol. The maximum atomic E-state index is 14.9. The van der Waals surface area contributed by atoms with Gasteiger partial charge in [-0.05, 0) is 114 Å². The second kappa shape index (κ2) is 33.3. The van der Waals surface area contributed by atoms with Crippen LogP contribution in [-0.4, -0.2) is 216 Å². The smallest absolute Gasteiger partial charge is 0.351 e. The van der Waals surface area contributed by atoms with E-state index >= 15 is 0 Å². The quantitative estimate of drug-likeness (QED) is 0.235. The first-order valence-corrected chi connectivity index (χ1v) is 31.7. The summed E-state index contributed by atoms with van der Waals surface area (Å²) < 4.78 is 40.8. The van der Waals surface area contributed by atoms with Gasteiger partial charge in [0.15, 0.2) is 0 Å². The van der Waals surface area contributed by atoms with Crippen LogP contribution in [0.1, 0.15) is 163 Å². The SMILES string of the molecule is CC[C@H](C)[C@@H]1NC(=O)C2CCCCN2C(=O)C[C@@H](C)NC(=O)[C@H](CC(C)C)N(C)C(=O)C(C)(C)NC(=O)[C@H](CC(C)C)N(C)C(=O)[C@H](CCc2ccc(C(F)(F)F)cc2)NC(=O)CN(C)C(=O)[C@H](CC2CCCCC2)N(C)C(=O)CN(C)C(=O)CN(C)C1=O. The van der Waals surface area contributed by atoms with Gasteiger partial charge in [0.05, 0.1) is 25.2 Å². The van der Waals surface area contributed by atoms with Gasteiger partial charge in [-0.3, -0.25) is 52.7 Å². The third-order valence-electron chi connectivity index (χ3n) is 17.7. The molecule has 4 N–H and O–H groups in total. The molecule has 8 atom stereocenters. The highest BCUT2D eigenvalue weighted by atomic mass is 19.4. The van der Waals surface area contributed by atoms with Gasteiger partial charge in [0, 0.05) is 61.3 Å². The summed E-state index contributed by atoms with van der Waals surface area (Å²) in [6.07, 6.45) is 1.85. The third-order valence-corrected chi connectivity index (χ3v) is 17.7. The lowest BCUT2D eigenvalue weighted by Gasteiger charge is -2.38. The zero-order valence-electron chi connectivity index (χ0n) is 55.4. The number of carbonyl (C=O) groups is 11. The number of rotatable bonds is 11. The summed E-state index contributed by atoms with van der Waals surface area (Å²) in [6.45, 7) is 14.2. The number of alkyl halides is 3. The molecule has 1 saturated carbocycles. The van der Waals surface area contributed by atoms with Gasteiger partial charge in [0.1, 0.15) is 41.8 Å². The Morgan fingerprint density at radius 1 is 0.596 bits per heavy atom. The Morgan fingerprint density at radius 3 is 1.73 bits per heavy atom. The van der Waals surface area contributed by atoms with E-state index in [-0.39, 0.29) is 62.8 Å². The van der Waals surface area contributed by atoms with Crippen LogP contribution in [0.25, 0.3) is 0 Å². The summed E-state index contributed by atoms with van der Waals surface area (Å²) in [7, 11) is 8.41. The molecule has 3 fully saturated rings. The molecule has 0 aromatic heterocycles. The van der Waals surface area contributed by atoms with Gasteiger partial charge in [-0.25, -0.2) is 0 Å². The minimum absolute atomic E-state index is 0.0117. The third kappa shape index (κ3) is 21.4. The minimum atomic E-state index is -4.61. The molecular formula is C64H102F3N11O11. The molecule has 500 valence electrons. The molecule has 2 saturated heterocycles. The van der Waals surface area contributed by atoms with Crippen molar-refractivity contribution in [2.45, 2.75) is 213 Å². The number of carbonyl (C=O) groups excluding carboxylic acids is 11. The highest BCUT2D eigenvalue weighted by molar-refractivity contribution is 5.98. The number of piperidine rings is 1. The Kier molecular flexibility index (Phi) is 27.9. The fourth-order valence-electron chi connectivity index (χ4n) is 12.0. The van der Waals surface area contributed by atoms with Crippen molar-refractivity contribution in [2.75, 3.05) is 68.5 Å². The molecule has 2 heterocycles. The van der Waals surface area contributed by atoms with Crippen LogP contribution in [0, 0.1) is 23.7 Å². The Morgan fingerprint density at radius 2 is 1.16 bits per heavy atom. The highest BCUT2D eigenvalue weighted by Gasteiger charge is 2.43. The van der Waals surface area contributed by atoms with Gasteiger partial charge in [0.2, 0.25) is 65.0 Å². The average Bonchev–Trinajstić information content (AvgIpc) is 2.44. The number of hydrogen-bond donors (Lipinski definition) is 4. The molecule has 1 aromatic carbocycles. The van der Waals surface area contributed by atoms with E-state index in [9.17, 15) is 65.9 Å². The van der Waals surface area contributed by atoms with E-state index in [0.29, 0.717) is 31.2 Å². The lowest BCUT2D eigenvalue weighted by Crippen LogP contribution is -2.63. The van der Waals surface area contributed by atoms with Crippen molar-refractivity contribution in [3.63, 3.8) is 0 Å². The highest BCUT2D eigenvalue weighted by Crippen LogP contribution is 2.31. The largest absolute Gasteiger partial charge is 0.416 e. The number of benzene rings is 1. The first-order valence-electron chi connectivity index (χ1n) is 31.7.